The molecule has 2 aromatic rings. The Morgan fingerprint density at radius 1 is 1.35 bits per heavy atom. The SMILES string of the molecule is CCc1c(NC)ncnc1Sc1nnc(C)o1. The van der Waals surface area contributed by atoms with Crippen molar-refractivity contribution in [1.82, 2.24) is 20.2 Å². The third-order valence-corrected chi connectivity index (χ3v) is 3.07. The Labute approximate surface area is 103 Å². The van der Waals surface area contributed by atoms with Crippen molar-refractivity contribution in [3.8, 4) is 0 Å². The van der Waals surface area contributed by atoms with Crippen molar-refractivity contribution < 1.29 is 4.42 Å². The minimum Gasteiger partial charge on any atom is -0.416 e. The summed E-state index contributed by atoms with van der Waals surface area (Å²) in [6, 6.07) is 0. The lowest BCUT2D eigenvalue weighted by Crippen LogP contribution is -2.01. The minimum atomic E-state index is 0.498. The highest BCUT2D eigenvalue weighted by Gasteiger charge is 2.13. The maximum atomic E-state index is 5.32. The lowest BCUT2D eigenvalue weighted by atomic mass is 10.2. The van der Waals surface area contributed by atoms with Crippen LogP contribution in [0.4, 0.5) is 5.82 Å². The molecule has 0 aliphatic carbocycles. The maximum absolute atomic E-state index is 5.32. The quantitative estimate of drug-likeness (QED) is 0.832. The molecule has 0 saturated carbocycles. The second-order valence-corrected chi connectivity index (χ2v) is 4.24. The van der Waals surface area contributed by atoms with Gasteiger partial charge in [0.05, 0.1) is 0 Å². The zero-order chi connectivity index (χ0) is 12.3. The molecule has 0 spiro atoms. The smallest absolute Gasteiger partial charge is 0.282 e. The van der Waals surface area contributed by atoms with E-state index in [2.05, 4.69) is 32.4 Å². The molecule has 0 radical (unpaired) electrons. The number of anilines is 1. The molecule has 1 N–H and O–H groups in total. The molecule has 0 aromatic carbocycles. The van der Waals surface area contributed by atoms with Gasteiger partial charge in [0.2, 0.25) is 5.89 Å². The molecule has 0 saturated heterocycles. The molecule has 0 bridgehead atoms. The average molecular weight is 251 g/mol. The van der Waals surface area contributed by atoms with Gasteiger partial charge in [-0.2, -0.15) is 0 Å². The maximum Gasteiger partial charge on any atom is 0.282 e. The lowest BCUT2D eigenvalue weighted by Gasteiger charge is -2.08. The fourth-order valence-electron chi connectivity index (χ4n) is 1.42. The van der Waals surface area contributed by atoms with Crippen molar-refractivity contribution in [2.45, 2.75) is 30.5 Å². The highest BCUT2D eigenvalue weighted by atomic mass is 32.2. The molecular formula is C10H13N5OS. The van der Waals surface area contributed by atoms with Crippen LogP contribution in [0, 0.1) is 6.92 Å². The summed E-state index contributed by atoms with van der Waals surface area (Å²) in [5.74, 6) is 1.38. The first-order valence-electron chi connectivity index (χ1n) is 5.24. The topological polar surface area (TPSA) is 76.7 Å². The van der Waals surface area contributed by atoms with Gasteiger partial charge in [-0.3, -0.25) is 0 Å². The third-order valence-electron chi connectivity index (χ3n) is 2.19. The van der Waals surface area contributed by atoms with Crippen molar-refractivity contribution in [2.75, 3.05) is 12.4 Å². The Morgan fingerprint density at radius 2 is 2.18 bits per heavy atom. The number of aryl methyl sites for hydroxylation is 1. The van der Waals surface area contributed by atoms with E-state index in [1.54, 1.807) is 6.92 Å². The second kappa shape index (κ2) is 5.13. The number of nitrogens with one attached hydrogen (secondary N) is 1. The number of hydrogen-bond donors (Lipinski definition) is 1. The Hall–Kier alpha value is -1.63. The molecule has 0 aliphatic rings. The van der Waals surface area contributed by atoms with E-state index < -0.39 is 0 Å². The normalized spacial score (nSPS) is 10.5. The summed E-state index contributed by atoms with van der Waals surface area (Å²) in [5, 5.41) is 12.1. The van der Waals surface area contributed by atoms with Gasteiger partial charge in [0, 0.05) is 19.5 Å². The van der Waals surface area contributed by atoms with Crippen LogP contribution in [0.3, 0.4) is 0 Å². The summed E-state index contributed by atoms with van der Waals surface area (Å²) in [7, 11) is 1.84. The first-order valence-corrected chi connectivity index (χ1v) is 6.05. The van der Waals surface area contributed by atoms with Crippen LogP contribution < -0.4 is 5.32 Å². The third kappa shape index (κ3) is 2.55. The van der Waals surface area contributed by atoms with Crippen LogP contribution in [-0.2, 0) is 6.42 Å². The van der Waals surface area contributed by atoms with E-state index >= 15 is 0 Å². The van der Waals surface area contributed by atoms with E-state index in [9.17, 15) is 0 Å². The molecule has 0 fully saturated rings. The summed E-state index contributed by atoms with van der Waals surface area (Å²) in [6.07, 6.45) is 2.36. The number of hydrogen-bond acceptors (Lipinski definition) is 7. The summed E-state index contributed by atoms with van der Waals surface area (Å²) in [4.78, 5) is 8.42. The van der Waals surface area contributed by atoms with Gasteiger partial charge in [0.1, 0.15) is 17.2 Å². The van der Waals surface area contributed by atoms with Gasteiger partial charge in [0.15, 0.2) is 0 Å². The zero-order valence-corrected chi connectivity index (χ0v) is 10.7. The zero-order valence-electron chi connectivity index (χ0n) is 9.89. The van der Waals surface area contributed by atoms with Crippen molar-refractivity contribution in [3.63, 3.8) is 0 Å². The van der Waals surface area contributed by atoms with Gasteiger partial charge in [-0.15, -0.1) is 10.2 Å². The molecule has 2 rings (SSSR count). The molecule has 0 aliphatic heterocycles. The van der Waals surface area contributed by atoms with Crippen LogP contribution >= 0.6 is 11.8 Å². The van der Waals surface area contributed by atoms with Gasteiger partial charge in [0.25, 0.3) is 5.22 Å². The largest absolute Gasteiger partial charge is 0.416 e. The Morgan fingerprint density at radius 3 is 2.76 bits per heavy atom. The first kappa shape index (κ1) is 11.8. The van der Waals surface area contributed by atoms with E-state index in [-0.39, 0.29) is 0 Å². The molecule has 7 heteroatoms. The number of nitrogens with zero attached hydrogens (tertiary/aromatic N) is 4. The predicted molar refractivity (Wildman–Crippen MR) is 64.1 cm³/mol. The standard InChI is InChI=1S/C10H13N5OS/c1-4-7-8(11-3)12-5-13-9(7)17-10-15-14-6(2)16-10/h5H,4H2,1-3H3,(H,11,12,13). The van der Waals surface area contributed by atoms with Gasteiger partial charge >= 0.3 is 0 Å². The Bertz CT molecular complexity index is 513. The van der Waals surface area contributed by atoms with E-state index in [1.165, 1.54) is 18.1 Å². The van der Waals surface area contributed by atoms with Crippen LogP contribution in [0.15, 0.2) is 21.0 Å². The van der Waals surface area contributed by atoms with Gasteiger partial charge in [-0.25, -0.2) is 9.97 Å². The van der Waals surface area contributed by atoms with Crippen LogP contribution in [0.25, 0.3) is 0 Å². The summed E-state index contributed by atoms with van der Waals surface area (Å²) >= 11 is 1.36. The molecule has 6 nitrogen and oxygen atoms in total. The summed E-state index contributed by atoms with van der Waals surface area (Å²) < 4.78 is 5.32. The van der Waals surface area contributed by atoms with Crippen LogP contribution in [0.5, 0.6) is 0 Å². The van der Waals surface area contributed by atoms with Crippen molar-refractivity contribution in [3.05, 3.63) is 17.8 Å². The monoisotopic (exact) mass is 251 g/mol. The fourth-order valence-corrected chi connectivity index (χ4v) is 2.29. The Kier molecular flexibility index (Phi) is 3.58. The molecule has 2 heterocycles. The Balaban J connectivity index is 2.32. The van der Waals surface area contributed by atoms with E-state index in [0.29, 0.717) is 11.1 Å². The fraction of sp³-hybridized carbons (Fsp3) is 0.400. The van der Waals surface area contributed by atoms with Crippen molar-refractivity contribution >= 4 is 17.6 Å². The molecule has 2 aromatic heterocycles. The van der Waals surface area contributed by atoms with Gasteiger partial charge < -0.3 is 9.73 Å². The second-order valence-electron chi connectivity index (χ2n) is 3.30. The number of aromatic nitrogens is 4. The van der Waals surface area contributed by atoms with E-state index in [1.807, 2.05) is 7.05 Å². The molecule has 0 amide bonds. The molecule has 17 heavy (non-hydrogen) atoms. The lowest BCUT2D eigenvalue weighted by molar-refractivity contribution is 0.429. The average Bonchev–Trinajstić information content (AvgIpc) is 2.74. The predicted octanol–water partition coefficient (Wildman–Crippen LogP) is 1.92. The van der Waals surface area contributed by atoms with Crippen LogP contribution in [0.1, 0.15) is 18.4 Å². The van der Waals surface area contributed by atoms with Crippen LogP contribution in [0.2, 0.25) is 0 Å². The summed E-state index contributed by atoms with van der Waals surface area (Å²) in [5.41, 5.74) is 1.05. The van der Waals surface area contributed by atoms with E-state index in [0.717, 1.165) is 22.8 Å². The summed E-state index contributed by atoms with van der Waals surface area (Å²) in [6.45, 7) is 3.82. The van der Waals surface area contributed by atoms with Crippen molar-refractivity contribution in [2.24, 2.45) is 0 Å². The highest BCUT2D eigenvalue weighted by molar-refractivity contribution is 7.99. The van der Waals surface area contributed by atoms with Crippen LogP contribution in [-0.4, -0.2) is 27.2 Å². The van der Waals surface area contributed by atoms with Gasteiger partial charge in [-0.1, -0.05) is 6.92 Å². The van der Waals surface area contributed by atoms with Gasteiger partial charge in [-0.05, 0) is 18.2 Å². The molecule has 90 valence electrons. The number of rotatable bonds is 4. The molecular weight excluding hydrogens is 238 g/mol. The highest BCUT2D eigenvalue weighted by Crippen LogP contribution is 2.30. The first-order chi connectivity index (χ1) is 8.24. The van der Waals surface area contributed by atoms with E-state index in [4.69, 9.17) is 4.42 Å². The molecule has 0 unspecified atom stereocenters. The van der Waals surface area contributed by atoms with Crippen molar-refractivity contribution in [1.29, 1.82) is 0 Å². The minimum absolute atomic E-state index is 0.498. The molecule has 0 atom stereocenters.